The van der Waals surface area contributed by atoms with Gasteiger partial charge in [-0.3, -0.25) is 0 Å². The number of aromatic nitrogens is 3. The summed E-state index contributed by atoms with van der Waals surface area (Å²) in [5, 5.41) is 8.40. The quantitative estimate of drug-likeness (QED) is 0.414. The van der Waals surface area contributed by atoms with Crippen LogP contribution in [0.15, 0.2) is 65.0 Å². The molecule has 1 N–H and O–H groups in total. The summed E-state index contributed by atoms with van der Waals surface area (Å²) in [6.07, 6.45) is 0. The number of rotatable bonds is 7. The van der Waals surface area contributed by atoms with Gasteiger partial charge >= 0.3 is 5.97 Å². The third kappa shape index (κ3) is 4.47. The van der Waals surface area contributed by atoms with E-state index in [9.17, 15) is 9.18 Å². The first-order valence-corrected chi connectivity index (χ1v) is 11.1. The molecule has 32 heavy (non-hydrogen) atoms. The maximum Gasteiger partial charge on any atom is 0.338 e. The van der Waals surface area contributed by atoms with Gasteiger partial charge in [-0.05, 0) is 49.2 Å². The van der Waals surface area contributed by atoms with Gasteiger partial charge in [-0.1, -0.05) is 36.0 Å². The molecule has 0 saturated carbocycles. The van der Waals surface area contributed by atoms with Gasteiger partial charge < -0.3 is 14.8 Å². The Morgan fingerprint density at radius 3 is 2.56 bits per heavy atom. The van der Waals surface area contributed by atoms with Crippen molar-refractivity contribution in [1.29, 1.82) is 0 Å². The van der Waals surface area contributed by atoms with E-state index in [1.165, 1.54) is 23.9 Å². The Morgan fingerprint density at radius 2 is 1.91 bits per heavy atom. The Hall–Kier alpha value is -3.33. The van der Waals surface area contributed by atoms with E-state index in [1.807, 2.05) is 31.2 Å². The highest BCUT2D eigenvalue weighted by atomic mass is 32.2. The Morgan fingerprint density at radius 1 is 1.19 bits per heavy atom. The predicted octanol–water partition coefficient (Wildman–Crippen LogP) is 4.57. The van der Waals surface area contributed by atoms with Crippen molar-refractivity contribution >= 4 is 23.7 Å². The summed E-state index contributed by atoms with van der Waals surface area (Å²) >= 11 is 1.44. The van der Waals surface area contributed by atoms with E-state index < -0.39 is 12.0 Å². The number of ether oxygens (including phenoxy) is 2. The van der Waals surface area contributed by atoms with Crippen LogP contribution in [-0.2, 0) is 15.3 Å². The van der Waals surface area contributed by atoms with Gasteiger partial charge in [0.05, 0.1) is 19.3 Å². The third-order valence-corrected chi connectivity index (χ3v) is 5.95. The minimum Gasteiger partial charge on any atom is -0.497 e. The Kier molecular flexibility index (Phi) is 6.45. The molecule has 166 valence electrons. The molecule has 9 heteroatoms. The number of esters is 1. The molecule has 0 unspecified atom stereocenters. The normalized spacial score (nSPS) is 15.2. The van der Waals surface area contributed by atoms with E-state index in [1.54, 1.807) is 30.8 Å². The number of thioether (sulfide) groups is 1. The Bertz CT molecular complexity index is 1140. The molecule has 0 aliphatic carbocycles. The first-order valence-electron chi connectivity index (χ1n) is 10.1. The van der Waals surface area contributed by atoms with Gasteiger partial charge in [-0.15, -0.1) is 5.10 Å². The molecule has 3 aromatic rings. The monoisotopic (exact) mass is 454 g/mol. The van der Waals surface area contributed by atoms with Crippen molar-refractivity contribution in [2.45, 2.75) is 30.8 Å². The minimum atomic E-state index is -0.496. The summed E-state index contributed by atoms with van der Waals surface area (Å²) in [5.41, 5.74) is 2.96. The van der Waals surface area contributed by atoms with Gasteiger partial charge in [0.15, 0.2) is 0 Å². The van der Waals surface area contributed by atoms with Crippen LogP contribution in [0.1, 0.15) is 31.0 Å². The third-order valence-electron chi connectivity index (χ3n) is 5.04. The number of fused-ring (bicyclic) bond motifs is 1. The standard InChI is InChI=1S/C23H23FN4O3S/c1-4-31-21(29)19-14(2)25-22-26-23(32-13-15-5-9-17(24)10-6-15)27-28(22)20(19)16-7-11-18(30-3)12-8-16/h5-12,20H,4,13H2,1-3H3,(H,25,26,27)/t20-/m1/s1. The first kappa shape index (κ1) is 21.9. The van der Waals surface area contributed by atoms with Gasteiger partial charge in [-0.2, -0.15) is 4.98 Å². The zero-order chi connectivity index (χ0) is 22.7. The molecule has 0 bridgehead atoms. The fraction of sp³-hybridized carbons (Fsp3) is 0.261. The van der Waals surface area contributed by atoms with Gasteiger partial charge in [0.2, 0.25) is 11.1 Å². The van der Waals surface area contributed by atoms with Crippen molar-refractivity contribution in [3.8, 4) is 5.75 Å². The zero-order valence-corrected chi connectivity index (χ0v) is 18.8. The van der Waals surface area contributed by atoms with Crippen LogP contribution in [0.3, 0.4) is 0 Å². The van der Waals surface area contributed by atoms with Crippen LogP contribution < -0.4 is 10.1 Å². The van der Waals surface area contributed by atoms with E-state index in [0.717, 1.165) is 16.9 Å². The van der Waals surface area contributed by atoms with E-state index in [-0.39, 0.29) is 12.4 Å². The maximum absolute atomic E-state index is 13.2. The van der Waals surface area contributed by atoms with Gasteiger partial charge in [-0.25, -0.2) is 13.9 Å². The molecule has 2 heterocycles. The lowest BCUT2D eigenvalue weighted by Gasteiger charge is -2.28. The highest BCUT2D eigenvalue weighted by Gasteiger charge is 2.35. The van der Waals surface area contributed by atoms with Gasteiger partial charge in [0, 0.05) is 11.4 Å². The predicted molar refractivity (Wildman–Crippen MR) is 120 cm³/mol. The number of carbonyl (C=O) groups is 1. The number of benzene rings is 2. The van der Waals surface area contributed by atoms with Crippen molar-refractivity contribution in [3.63, 3.8) is 0 Å². The molecule has 0 radical (unpaired) electrons. The molecule has 0 spiro atoms. The number of halogens is 1. The van der Waals surface area contributed by atoms with E-state index >= 15 is 0 Å². The Balaban J connectivity index is 1.68. The second kappa shape index (κ2) is 9.44. The number of anilines is 1. The summed E-state index contributed by atoms with van der Waals surface area (Å²) in [7, 11) is 1.60. The van der Waals surface area contributed by atoms with Crippen LogP contribution in [0.5, 0.6) is 5.75 Å². The number of allylic oxidation sites excluding steroid dienone is 1. The summed E-state index contributed by atoms with van der Waals surface area (Å²) in [6.45, 7) is 3.87. The van der Waals surface area contributed by atoms with Crippen LogP contribution in [0.4, 0.5) is 10.3 Å². The maximum atomic E-state index is 13.2. The summed E-state index contributed by atoms with van der Waals surface area (Å²) < 4.78 is 25.5. The molecule has 1 aromatic heterocycles. The van der Waals surface area contributed by atoms with E-state index in [2.05, 4.69) is 15.4 Å². The molecule has 0 saturated heterocycles. The van der Waals surface area contributed by atoms with Crippen molar-refractivity contribution in [2.75, 3.05) is 19.0 Å². The van der Waals surface area contributed by atoms with Crippen LogP contribution in [0, 0.1) is 5.82 Å². The molecule has 1 aliphatic rings. The minimum absolute atomic E-state index is 0.270. The van der Waals surface area contributed by atoms with Gasteiger partial charge in [0.25, 0.3) is 0 Å². The summed E-state index contributed by atoms with van der Waals surface area (Å²) in [5.74, 6) is 1.18. The molecule has 0 fully saturated rings. The zero-order valence-electron chi connectivity index (χ0n) is 18.0. The SMILES string of the molecule is CCOC(=O)C1=C(C)Nc2nc(SCc3ccc(F)cc3)nn2[C@@H]1c1ccc(OC)cc1. The number of hydrogen-bond acceptors (Lipinski definition) is 7. The lowest BCUT2D eigenvalue weighted by atomic mass is 9.96. The average molecular weight is 455 g/mol. The molecule has 1 aliphatic heterocycles. The topological polar surface area (TPSA) is 78.3 Å². The molecule has 1 atom stereocenters. The summed E-state index contributed by atoms with van der Waals surface area (Å²) in [4.78, 5) is 17.4. The number of carbonyl (C=O) groups excluding carboxylic acids is 1. The molecular weight excluding hydrogens is 431 g/mol. The van der Waals surface area contributed by atoms with Crippen molar-refractivity contribution in [2.24, 2.45) is 0 Å². The lowest BCUT2D eigenvalue weighted by Crippen LogP contribution is -2.29. The van der Waals surface area contributed by atoms with E-state index in [0.29, 0.717) is 28.1 Å². The Labute approximate surface area is 189 Å². The average Bonchev–Trinajstić information content (AvgIpc) is 3.20. The highest BCUT2D eigenvalue weighted by Crippen LogP contribution is 2.37. The van der Waals surface area contributed by atoms with Crippen LogP contribution in [0.25, 0.3) is 0 Å². The second-order valence-electron chi connectivity index (χ2n) is 7.14. The number of nitrogens with zero attached hydrogens (tertiary/aromatic N) is 3. The van der Waals surface area contributed by atoms with Crippen molar-refractivity contribution in [1.82, 2.24) is 14.8 Å². The smallest absolute Gasteiger partial charge is 0.338 e. The first-order chi connectivity index (χ1) is 15.5. The van der Waals surface area contributed by atoms with Crippen LogP contribution in [0.2, 0.25) is 0 Å². The number of methoxy groups -OCH3 is 1. The molecule has 2 aromatic carbocycles. The number of hydrogen-bond donors (Lipinski definition) is 1. The van der Waals surface area contributed by atoms with Crippen molar-refractivity contribution < 1.29 is 18.7 Å². The highest BCUT2D eigenvalue weighted by molar-refractivity contribution is 7.98. The molecule has 4 rings (SSSR count). The fourth-order valence-electron chi connectivity index (χ4n) is 3.49. The molecule has 7 nitrogen and oxygen atoms in total. The molecule has 0 amide bonds. The second-order valence-corrected chi connectivity index (χ2v) is 8.08. The fourth-order valence-corrected chi connectivity index (χ4v) is 4.27. The largest absolute Gasteiger partial charge is 0.497 e. The van der Waals surface area contributed by atoms with E-state index in [4.69, 9.17) is 9.47 Å². The lowest BCUT2D eigenvalue weighted by molar-refractivity contribution is -0.139. The van der Waals surface area contributed by atoms with Gasteiger partial charge in [0.1, 0.15) is 17.6 Å². The van der Waals surface area contributed by atoms with Crippen molar-refractivity contribution in [3.05, 3.63) is 76.7 Å². The molecular formula is C23H23FN4O3S. The van der Waals surface area contributed by atoms with Crippen LogP contribution in [-0.4, -0.2) is 34.5 Å². The van der Waals surface area contributed by atoms with Crippen LogP contribution >= 0.6 is 11.8 Å². The summed E-state index contributed by atoms with van der Waals surface area (Å²) in [6, 6.07) is 13.3. The number of nitrogens with one attached hydrogen (secondary N) is 1.